The van der Waals surface area contributed by atoms with Crippen LogP contribution in [-0.4, -0.2) is 47.0 Å². The highest BCUT2D eigenvalue weighted by molar-refractivity contribution is 6.29. The van der Waals surface area contributed by atoms with E-state index >= 15 is 0 Å². The molecule has 1 saturated heterocycles. The summed E-state index contributed by atoms with van der Waals surface area (Å²) in [6.45, 7) is 2.02. The quantitative estimate of drug-likeness (QED) is 0.854. The molecule has 2 heterocycles. The lowest BCUT2D eigenvalue weighted by molar-refractivity contribution is 0.0911. The van der Waals surface area contributed by atoms with Crippen molar-refractivity contribution in [1.82, 2.24) is 20.2 Å². The molecule has 92 valence electrons. The smallest absolute Gasteiger partial charge is 0.271 e. The van der Waals surface area contributed by atoms with Crippen molar-refractivity contribution in [2.45, 2.75) is 18.9 Å². The number of carbonyl (C=O) groups excluding carboxylic acids is 1. The molecule has 1 aromatic rings. The lowest BCUT2D eigenvalue weighted by atomic mass is 10.1. The van der Waals surface area contributed by atoms with Gasteiger partial charge in [0.2, 0.25) is 0 Å². The minimum absolute atomic E-state index is 0.177. The van der Waals surface area contributed by atoms with E-state index in [1.165, 1.54) is 12.4 Å². The van der Waals surface area contributed by atoms with Crippen LogP contribution in [0.3, 0.4) is 0 Å². The number of nitrogens with one attached hydrogen (secondary N) is 1. The highest BCUT2D eigenvalue weighted by Crippen LogP contribution is 2.09. The molecule has 0 bridgehead atoms. The molecule has 6 heteroatoms. The molecule has 1 aromatic heterocycles. The second-order valence-electron chi connectivity index (χ2n) is 4.28. The van der Waals surface area contributed by atoms with Crippen molar-refractivity contribution >= 4 is 17.5 Å². The molecule has 0 radical (unpaired) electrons. The molecule has 1 fully saturated rings. The largest absolute Gasteiger partial charge is 0.348 e. The van der Waals surface area contributed by atoms with E-state index in [2.05, 4.69) is 27.2 Å². The monoisotopic (exact) mass is 254 g/mol. The summed E-state index contributed by atoms with van der Waals surface area (Å²) < 4.78 is 0. The van der Waals surface area contributed by atoms with Crippen LogP contribution >= 0.6 is 11.6 Å². The minimum Gasteiger partial charge on any atom is -0.348 e. The number of likely N-dealkylation sites (tertiary alicyclic amines) is 1. The van der Waals surface area contributed by atoms with Crippen molar-refractivity contribution in [2.75, 3.05) is 20.1 Å². The molecule has 1 aliphatic rings. The number of hydrogen-bond donors (Lipinski definition) is 1. The Kier molecular flexibility index (Phi) is 3.91. The number of amides is 1. The van der Waals surface area contributed by atoms with Gasteiger partial charge in [-0.25, -0.2) is 9.97 Å². The molecular weight excluding hydrogens is 240 g/mol. The SMILES string of the molecule is CN1CCC(NC(=O)c2cnc(Cl)cn2)CC1. The van der Waals surface area contributed by atoms with E-state index in [1.807, 2.05) is 0 Å². The standard InChI is InChI=1S/C11H15ClN4O/c1-16-4-2-8(3-5-16)15-11(17)9-6-14-10(12)7-13-9/h6-8H,2-5H2,1H3,(H,15,17). The van der Waals surface area contributed by atoms with E-state index in [0.717, 1.165) is 25.9 Å². The lowest BCUT2D eigenvalue weighted by Crippen LogP contribution is -2.43. The van der Waals surface area contributed by atoms with Crippen LogP contribution in [0.25, 0.3) is 0 Å². The Balaban J connectivity index is 1.91. The van der Waals surface area contributed by atoms with Gasteiger partial charge in [-0.15, -0.1) is 0 Å². The van der Waals surface area contributed by atoms with Crippen molar-refractivity contribution < 1.29 is 4.79 Å². The average Bonchev–Trinajstić information content (AvgIpc) is 2.33. The van der Waals surface area contributed by atoms with Crippen LogP contribution in [0.15, 0.2) is 12.4 Å². The van der Waals surface area contributed by atoms with Crippen molar-refractivity contribution in [2.24, 2.45) is 0 Å². The van der Waals surface area contributed by atoms with E-state index in [0.29, 0.717) is 10.8 Å². The maximum Gasteiger partial charge on any atom is 0.271 e. The van der Waals surface area contributed by atoms with Crippen molar-refractivity contribution in [3.63, 3.8) is 0 Å². The normalized spacial score (nSPS) is 18.0. The van der Waals surface area contributed by atoms with Gasteiger partial charge < -0.3 is 10.2 Å². The molecular formula is C11H15ClN4O. The van der Waals surface area contributed by atoms with Crippen LogP contribution in [0, 0.1) is 0 Å². The molecule has 0 unspecified atom stereocenters. The Bertz CT molecular complexity index is 387. The fourth-order valence-corrected chi connectivity index (χ4v) is 1.94. The molecule has 1 N–H and O–H groups in total. The van der Waals surface area contributed by atoms with Gasteiger partial charge in [-0.1, -0.05) is 11.6 Å². The molecule has 0 saturated carbocycles. The number of aromatic nitrogens is 2. The first-order valence-corrected chi connectivity index (χ1v) is 6.00. The Morgan fingerprint density at radius 2 is 2.12 bits per heavy atom. The van der Waals surface area contributed by atoms with Gasteiger partial charge in [0.15, 0.2) is 0 Å². The summed E-state index contributed by atoms with van der Waals surface area (Å²) in [5.74, 6) is -0.177. The summed E-state index contributed by atoms with van der Waals surface area (Å²) in [6.07, 6.45) is 4.73. The van der Waals surface area contributed by atoms with E-state index < -0.39 is 0 Å². The summed E-state index contributed by atoms with van der Waals surface area (Å²) in [7, 11) is 2.09. The number of nitrogens with zero attached hydrogens (tertiary/aromatic N) is 3. The third-order valence-electron chi connectivity index (χ3n) is 2.91. The second kappa shape index (κ2) is 5.42. The van der Waals surface area contributed by atoms with E-state index in [4.69, 9.17) is 11.6 Å². The van der Waals surface area contributed by atoms with Gasteiger partial charge in [0.05, 0.1) is 12.4 Å². The first kappa shape index (κ1) is 12.3. The molecule has 0 atom stereocenters. The van der Waals surface area contributed by atoms with Gasteiger partial charge in [-0.3, -0.25) is 4.79 Å². The van der Waals surface area contributed by atoms with Gasteiger partial charge in [-0.2, -0.15) is 0 Å². The summed E-state index contributed by atoms with van der Waals surface area (Å²) in [6, 6.07) is 0.233. The third-order valence-corrected chi connectivity index (χ3v) is 3.10. The number of halogens is 1. The Morgan fingerprint density at radius 3 is 2.71 bits per heavy atom. The van der Waals surface area contributed by atoms with Crippen molar-refractivity contribution in [3.05, 3.63) is 23.2 Å². The zero-order valence-corrected chi connectivity index (χ0v) is 10.4. The summed E-state index contributed by atoms with van der Waals surface area (Å²) in [4.78, 5) is 21.9. The van der Waals surface area contributed by atoms with E-state index in [9.17, 15) is 4.79 Å². The second-order valence-corrected chi connectivity index (χ2v) is 4.66. The summed E-state index contributed by atoms with van der Waals surface area (Å²) in [5, 5.41) is 3.26. The number of hydrogen-bond acceptors (Lipinski definition) is 4. The minimum atomic E-state index is -0.177. The zero-order valence-electron chi connectivity index (χ0n) is 9.69. The van der Waals surface area contributed by atoms with Crippen LogP contribution in [-0.2, 0) is 0 Å². The third kappa shape index (κ3) is 3.38. The van der Waals surface area contributed by atoms with Crippen LogP contribution in [0.5, 0.6) is 0 Å². The molecule has 0 aromatic carbocycles. The average molecular weight is 255 g/mol. The maximum absolute atomic E-state index is 11.8. The molecule has 0 aliphatic carbocycles. The predicted molar refractivity (Wildman–Crippen MR) is 65.0 cm³/mol. The van der Waals surface area contributed by atoms with Crippen LogP contribution < -0.4 is 5.32 Å². The Labute approximate surface area is 105 Å². The zero-order chi connectivity index (χ0) is 12.3. The number of piperidine rings is 1. The maximum atomic E-state index is 11.8. The first-order valence-electron chi connectivity index (χ1n) is 5.62. The van der Waals surface area contributed by atoms with Crippen LogP contribution in [0.2, 0.25) is 5.15 Å². The predicted octanol–water partition coefficient (Wildman–Crippen LogP) is 0.954. The summed E-state index contributed by atoms with van der Waals surface area (Å²) >= 11 is 5.61. The summed E-state index contributed by atoms with van der Waals surface area (Å²) in [5.41, 5.74) is 0.313. The van der Waals surface area contributed by atoms with Gasteiger partial charge >= 0.3 is 0 Å². The molecule has 17 heavy (non-hydrogen) atoms. The number of carbonyl (C=O) groups is 1. The highest BCUT2D eigenvalue weighted by Gasteiger charge is 2.19. The van der Waals surface area contributed by atoms with Crippen molar-refractivity contribution in [1.29, 1.82) is 0 Å². The van der Waals surface area contributed by atoms with E-state index in [1.54, 1.807) is 0 Å². The Hall–Kier alpha value is -1.20. The molecule has 2 rings (SSSR count). The van der Waals surface area contributed by atoms with Gasteiger partial charge in [0.1, 0.15) is 10.8 Å². The topological polar surface area (TPSA) is 58.1 Å². The van der Waals surface area contributed by atoms with Gasteiger partial charge in [0, 0.05) is 6.04 Å². The van der Waals surface area contributed by atoms with Gasteiger partial charge in [0.25, 0.3) is 5.91 Å². The van der Waals surface area contributed by atoms with Gasteiger partial charge in [-0.05, 0) is 33.0 Å². The van der Waals surface area contributed by atoms with Crippen molar-refractivity contribution in [3.8, 4) is 0 Å². The van der Waals surface area contributed by atoms with Crippen LogP contribution in [0.4, 0.5) is 0 Å². The Morgan fingerprint density at radius 1 is 1.41 bits per heavy atom. The molecule has 1 aliphatic heterocycles. The molecule has 5 nitrogen and oxygen atoms in total. The lowest BCUT2D eigenvalue weighted by Gasteiger charge is -2.29. The molecule has 0 spiro atoms. The highest BCUT2D eigenvalue weighted by atomic mass is 35.5. The van der Waals surface area contributed by atoms with E-state index in [-0.39, 0.29) is 11.9 Å². The first-order chi connectivity index (χ1) is 8.15. The van der Waals surface area contributed by atoms with Crippen LogP contribution in [0.1, 0.15) is 23.3 Å². The number of rotatable bonds is 2. The fraction of sp³-hybridized carbons (Fsp3) is 0.545. The molecule has 1 amide bonds. The fourth-order valence-electron chi connectivity index (χ4n) is 1.84.